The molecule has 66 valence electrons. The number of fused-ring (bicyclic) bond motifs is 1. The SMILES string of the molecule is Cc1ccnc2c(F)cc(Br)cc12. The minimum atomic E-state index is -0.284. The molecule has 0 fully saturated rings. The largest absolute Gasteiger partial charge is 0.253 e. The van der Waals surface area contributed by atoms with Crippen molar-refractivity contribution in [2.75, 3.05) is 0 Å². The monoisotopic (exact) mass is 239 g/mol. The van der Waals surface area contributed by atoms with Gasteiger partial charge in [0.1, 0.15) is 5.52 Å². The van der Waals surface area contributed by atoms with Crippen molar-refractivity contribution in [2.45, 2.75) is 6.92 Å². The van der Waals surface area contributed by atoms with Crippen LogP contribution in [0.2, 0.25) is 0 Å². The number of aromatic nitrogens is 1. The fourth-order valence-corrected chi connectivity index (χ4v) is 1.74. The molecular weight excluding hydrogens is 233 g/mol. The van der Waals surface area contributed by atoms with Gasteiger partial charge in [-0.1, -0.05) is 15.9 Å². The summed E-state index contributed by atoms with van der Waals surface area (Å²) in [6.07, 6.45) is 1.62. The molecule has 0 spiro atoms. The Kier molecular flexibility index (Phi) is 2.04. The number of hydrogen-bond donors (Lipinski definition) is 0. The predicted octanol–water partition coefficient (Wildman–Crippen LogP) is 3.44. The van der Waals surface area contributed by atoms with Crippen molar-refractivity contribution in [1.29, 1.82) is 0 Å². The van der Waals surface area contributed by atoms with E-state index in [9.17, 15) is 4.39 Å². The molecule has 0 bridgehead atoms. The highest BCUT2D eigenvalue weighted by atomic mass is 79.9. The maximum absolute atomic E-state index is 13.3. The van der Waals surface area contributed by atoms with Crippen LogP contribution in [0.1, 0.15) is 5.56 Å². The molecular formula is C10H7BrFN. The lowest BCUT2D eigenvalue weighted by Crippen LogP contribution is -1.86. The summed E-state index contributed by atoms with van der Waals surface area (Å²) in [7, 11) is 0. The Morgan fingerprint density at radius 2 is 2.15 bits per heavy atom. The normalized spacial score (nSPS) is 10.7. The third-order valence-corrected chi connectivity index (χ3v) is 2.44. The molecule has 0 saturated carbocycles. The fourth-order valence-electron chi connectivity index (χ4n) is 1.31. The molecule has 2 rings (SSSR count). The average Bonchev–Trinajstić information content (AvgIpc) is 2.07. The van der Waals surface area contributed by atoms with Gasteiger partial charge in [-0.2, -0.15) is 0 Å². The Morgan fingerprint density at radius 3 is 2.92 bits per heavy atom. The lowest BCUT2D eigenvalue weighted by atomic mass is 10.1. The van der Waals surface area contributed by atoms with E-state index in [1.807, 2.05) is 19.1 Å². The summed E-state index contributed by atoms with van der Waals surface area (Å²) in [6, 6.07) is 5.17. The quantitative estimate of drug-likeness (QED) is 0.687. The first kappa shape index (κ1) is 8.63. The van der Waals surface area contributed by atoms with E-state index in [4.69, 9.17) is 0 Å². The molecule has 1 nitrogen and oxygen atoms in total. The number of nitrogens with zero attached hydrogens (tertiary/aromatic N) is 1. The number of aryl methyl sites for hydroxylation is 1. The van der Waals surface area contributed by atoms with E-state index in [0.29, 0.717) is 5.52 Å². The Bertz CT molecular complexity index is 468. The lowest BCUT2D eigenvalue weighted by molar-refractivity contribution is 0.636. The van der Waals surface area contributed by atoms with Crippen LogP contribution >= 0.6 is 15.9 Å². The average molecular weight is 240 g/mol. The molecule has 1 aromatic carbocycles. The molecule has 3 heteroatoms. The molecule has 0 aliphatic carbocycles. The molecule has 0 amide bonds. The molecule has 0 radical (unpaired) electrons. The first-order valence-corrected chi connectivity index (χ1v) is 4.68. The highest BCUT2D eigenvalue weighted by Gasteiger charge is 2.04. The van der Waals surface area contributed by atoms with E-state index >= 15 is 0 Å². The van der Waals surface area contributed by atoms with Crippen LogP contribution in [0.15, 0.2) is 28.9 Å². The predicted molar refractivity (Wildman–Crippen MR) is 54.1 cm³/mol. The number of pyridine rings is 1. The third-order valence-electron chi connectivity index (χ3n) is 1.98. The van der Waals surface area contributed by atoms with Gasteiger partial charge in [-0.15, -0.1) is 0 Å². The molecule has 0 N–H and O–H groups in total. The van der Waals surface area contributed by atoms with Crippen LogP contribution in [0.4, 0.5) is 4.39 Å². The zero-order valence-electron chi connectivity index (χ0n) is 7.01. The minimum absolute atomic E-state index is 0.284. The van der Waals surface area contributed by atoms with Crippen molar-refractivity contribution < 1.29 is 4.39 Å². The van der Waals surface area contributed by atoms with Gasteiger partial charge in [0.25, 0.3) is 0 Å². The molecule has 0 saturated heterocycles. The topological polar surface area (TPSA) is 12.9 Å². The van der Waals surface area contributed by atoms with Crippen molar-refractivity contribution in [2.24, 2.45) is 0 Å². The van der Waals surface area contributed by atoms with Crippen LogP contribution in [0.3, 0.4) is 0 Å². The highest BCUT2D eigenvalue weighted by molar-refractivity contribution is 9.10. The Balaban J connectivity index is 2.94. The first-order valence-electron chi connectivity index (χ1n) is 3.89. The van der Waals surface area contributed by atoms with Crippen molar-refractivity contribution in [3.05, 3.63) is 40.2 Å². The Morgan fingerprint density at radius 1 is 1.38 bits per heavy atom. The van der Waals surface area contributed by atoms with Crippen LogP contribution in [-0.4, -0.2) is 4.98 Å². The van der Waals surface area contributed by atoms with E-state index < -0.39 is 0 Å². The second-order valence-electron chi connectivity index (χ2n) is 2.91. The molecule has 0 aliphatic rings. The molecule has 0 aliphatic heterocycles. The Hall–Kier alpha value is -0.960. The van der Waals surface area contributed by atoms with E-state index in [-0.39, 0.29) is 5.82 Å². The molecule has 1 aromatic heterocycles. The van der Waals surface area contributed by atoms with Crippen molar-refractivity contribution >= 4 is 26.8 Å². The minimum Gasteiger partial charge on any atom is -0.253 e. The zero-order chi connectivity index (χ0) is 9.42. The number of rotatable bonds is 0. The van der Waals surface area contributed by atoms with E-state index in [2.05, 4.69) is 20.9 Å². The maximum atomic E-state index is 13.3. The van der Waals surface area contributed by atoms with Gasteiger partial charge in [-0.3, -0.25) is 4.98 Å². The number of halogens is 2. The zero-order valence-corrected chi connectivity index (χ0v) is 8.60. The Labute approximate surface area is 83.7 Å². The highest BCUT2D eigenvalue weighted by Crippen LogP contribution is 2.23. The third kappa shape index (κ3) is 1.44. The van der Waals surface area contributed by atoms with Crippen molar-refractivity contribution in [3.8, 4) is 0 Å². The van der Waals surface area contributed by atoms with Gasteiger partial charge < -0.3 is 0 Å². The molecule has 0 atom stereocenters. The summed E-state index contributed by atoms with van der Waals surface area (Å²) in [5.74, 6) is -0.284. The van der Waals surface area contributed by atoms with Gasteiger partial charge in [-0.05, 0) is 30.7 Å². The molecule has 0 unspecified atom stereocenters. The first-order chi connectivity index (χ1) is 6.18. The second kappa shape index (κ2) is 3.07. The lowest BCUT2D eigenvalue weighted by Gasteiger charge is -2.02. The maximum Gasteiger partial charge on any atom is 0.150 e. The molecule has 1 heterocycles. The molecule has 2 aromatic rings. The summed E-state index contributed by atoms with van der Waals surface area (Å²) in [6.45, 7) is 1.94. The summed E-state index contributed by atoms with van der Waals surface area (Å²) < 4.78 is 14.1. The summed E-state index contributed by atoms with van der Waals surface area (Å²) >= 11 is 3.25. The van der Waals surface area contributed by atoms with Crippen LogP contribution in [0.25, 0.3) is 10.9 Å². The van der Waals surface area contributed by atoms with E-state index in [1.165, 1.54) is 6.07 Å². The van der Waals surface area contributed by atoms with Gasteiger partial charge in [0, 0.05) is 16.1 Å². The van der Waals surface area contributed by atoms with Crippen LogP contribution in [0, 0.1) is 12.7 Å². The van der Waals surface area contributed by atoms with Gasteiger partial charge >= 0.3 is 0 Å². The summed E-state index contributed by atoms with van der Waals surface area (Å²) in [5.41, 5.74) is 1.47. The van der Waals surface area contributed by atoms with Crippen LogP contribution < -0.4 is 0 Å². The number of benzene rings is 1. The van der Waals surface area contributed by atoms with Crippen LogP contribution in [-0.2, 0) is 0 Å². The van der Waals surface area contributed by atoms with Gasteiger partial charge in [0.2, 0.25) is 0 Å². The van der Waals surface area contributed by atoms with E-state index in [0.717, 1.165) is 15.4 Å². The van der Waals surface area contributed by atoms with Crippen LogP contribution in [0.5, 0.6) is 0 Å². The number of hydrogen-bond acceptors (Lipinski definition) is 1. The fraction of sp³-hybridized carbons (Fsp3) is 0.100. The van der Waals surface area contributed by atoms with Gasteiger partial charge in [0.05, 0.1) is 0 Å². The van der Waals surface area contributed by atoms with Crippen molar-refractivity contribution in [3.63, 3.8) is 0 Å². The van der Waals surface area contributed by atoms with E-state index in [1.54, 1.807) is 6.20 Å². The molecule has 13 heavy (non-hydrogen) atoms. The summed E-state index contributed by atoms with van der Waals surface area (Å²) in [5, 5.41) is 0.856. The van der Waals surface area contributed by atoms with Gasteiger partial charge in [-0.25, -0.2) is 4.39 Å². The smallest absolute Gasteiger partial charge is 0.150 e. The summed E-state index contributed by atoms with van der Waals surface area (Å²) in [4.78, 5) is 3.99. The standard InChI is InChI=1S/C10H7BrFN/c1-6-2-3-13-10-8(6)4-7(11)5-9(10)12/h2-5H,1H3. The second-order valence-corrected chi connectivity index (χ2v) is 3.83. The van der Waals surface area contributed by atoms with Gasteiger partial charge in [0.15, 0.2) is 5.82 Å². The van der Waals surface area contributed by atoms with Crippen molar-refractivity contribution in [1.82, 2.24) is 4.98 Å².